The Morgan fingerprint density at radius 3 is 3.17 bits per heavy atom. The van der Waals surface area contributed by atoms with E-state index in [1.54, 1.807) is 0 Å². The number of carbonyl (C=O) groups is 1. The molecule has 4 nitrogen and oxygen atoms in total. The van der Waals surface area contributed by atoms with Gasteiger partial charge in [0.25, 0.3) is 0 Å². The lowest BCUT2D eigenvalue weighted by Gasteiger charge is -2.06. The summed E-state index contributed by atoms with van der Waals surface area (Å²) in [6.45, 7) is 4.93. The van der Waals surface area contributed by atoms with E-state index in [1.807, 2.05) is 13.0 Å². The van der Waals surface area contributed by atoms with Gasteiger partial charge in [0, 0.05) is 32.5 Å². The zero-order valence-corrected chi connectivity index (χ0v) is 10.8. The molecule has 0 unspecified atom stereocenters. The van der Waals surface area contributed by atoms with Crippen LogP contribution in [0, 0.1) is 0 Å². The van der Waals surface area contributed by atoms with Gasteiger partial charge in [-0.1, -0.05) is 12.1 Å². The van der Waals surface area contributed by atoms with Crippen molar-refractivity contribution in [2.45, 2.75) is 26.3 Å². The quantitative estimate of drug-likeness (QED) is 0.745. The Bertz CT molecular complexity index is 418. The lowest BCUT2D eigenvalue weighted by atomic mass is 10.1. The number of benzene rings is 1. The van der Waals surface area contributed by atoms with Crippen LogP contribution in [0.3, 0.4) is 0 Å². The zero-order chi connectivity index (χ0) is 12.8. The summed E-state index contributed by atoms with van der Waals surface area (Å²) in [6.07, 6.45) is 1.53. The van der Waals surface area contributed by atoms with Gasteiger partial charge in [-0.2, -0.15) is 0 Å². The fourth-order valence-electron chi connectivity index (χ4n) is 2.07. The van der Waals surface area contributed by atoms with Gasteiger partial charge in [-0.3, -0.25) is 4.79 Å². The Kier molecular flexibility index (Phi) is 4.59. The summed E-state index contributed by atoms with van der Waals surface area (Å²) in [4.78, 5) is 11.2. The second-order valence-electron chi connectivity index (χ2n) is 4.42. The van der Waals surface area contributed by atoms with Crippen molar-refractivity contribution >= 4 is 5.91 Å². The molecule has 0 radical (unpaired) electrons. The maximum absolute atomic E-state index is 11.2. The highest BCUT2D eigenvalue weighted by molar-refractivity contribution is 5.75. The zero-order valence-electron chi connectivity index (χ0n) is 10.8. The predicted molar refractivity (Wildman–Crippen MR) is 70.6 cm³/mol. The number of rotatable bonds is 6. The molecule has 0 saturated carbocycles. The molecule has 1 aromatic rings. The molecule has 0 aromatic heterocycles. The van der Waals surface area contributed by atoms with E-state index in [0.717, 1.165) is 25.3 Å². The highest BCUT2D eigenvalue weighted by atomic mass is 16.5. The number of hydrogen-bond acceptors (Lipinski definition) is 3. The second kappa shape index (κ2) is 6.40. The summed E-state index contributed by atoms with van der Waals surface area (Å²) in [7, 11) is 0. The largest absolute Gasteiger partial charge is 0.493 e. The van der Waals surface area contributed by atoms with E-state index < -0.39 is 0 Å². The number of carbonyl (C=O) groups excluding carboxylic acids is 1. The summed E-state index contributed by atoms with van der Waals surface area (Å²) < 4.78 is 5.46. The number of hydrogen-bond donors (Lipinski definition) is 2. The molecule has 18 heavy (non-hydrogen) atoms. The molecule has 0 atom stereocenters. The lowest BCUT2D eigenvalue weighted by molar-refractivity contribution is -0.120. The Morgan fingerprint density at radius 1 is 1.44 bits per heavy atom. The first-order chi connectivity index (χ1) is 8.79. The molecule has 1 aliphatic rings. The minimum absolute atomic E-state index is 0.104. The van der Waals surface area contributed by atoms with Crippen molar-refractivity contribution in [2.24, 2.45) is 0 Å². The molecule has 0 saturated heterocycles. The van der Waals surface area contributed by atoms with Gasteiger partial charge in [0.05, 0.1) is 6.61 Å². The standard InChI is InChI=1S/C14H20N2O2/c1-2-16-14(17)5-7-15-10-11-3-4-13-12(9-11)6-8-18-13/h3-4,9,15H,2,5-8,10H2,1H3,(H,16,17). The molecule has 0 bridgehead atoms. The first kappa shape index (κ1) is 12.9. The van der Waals surface area contributed by atoms with Crippen LogP contribution in [0.5, 0.6) is 5.75 Å². The van der Waals surface area contributed by atoms with Crippen molar-refractivity contribution in [3.63, 3.8) is 0 Å². The van der Waals surface area contributed by atoms with Crippen LogP contribution in [-0.4, -0.2) is 25.6 Å². The molecule has 1 aliphatic heterocycles. The number of amides is 1. The predicted octanol–water partition coefficient (Wildman–Crippen LogP) is 1.24. The van der Waals surface area contributed by atoms with Crippen molar-refractivity contribution in [3.05, 3.63) is 29.3 Å². The van der Waals surface area contributed by atoms with E-state index in [1.165, 1.54) is 11.1 Å². The molecule has 4 heteroatoms. The Hall–Kier alpha value is -1.55. The van der Waals surface area contributed by atoms with Crippen molar-refractivity contribution in [2.75, 3.05) is 19.7 Å². The van der Waals surface area contributed by atoms with Crippen LogP contribution in [-0.2, 0) is 17.8 Å². The fourth-order valence-corrected chi connectivity index (χ4v) is 2.07. The monoisotopic (exact) mass is 248 g/mol. The van der Waals surface area contributed by atoms with E-state index in [-0.39, 0.29) is 5.91 Å². The summed E-state index contributed by atoms with van der Waals surface area (Å²) in [5.74, 6) is 1.12. The average Bonchev–Trinajstić information content (AvgIpc) is 2.82. The Morgan fingerprint density at radius 2 is 2.33 bits per heavy atom. The van der Waals surface area contributed by atoms with Crippen molar-refractivity contribution in [1.82, 2.24) is 10.6 Å². The van der Waals surface area contributed by atoms with Gasteiger partial charge in [0.1, 0.15) is 5.75 Å². The van der Waals surface area contributed by atoms with Crippen LogP contribution < -0.4 is 15.4 Å². The lowest BCUT2D eigenvalue weighted by Crippen LogP contribution is -2.27. The SMILES string of the molecule is CCNC(=O)CCNCc1ccc2c(c1)CCO2. The number of nitrogens with one attached hydrogen (secondary N) is 2. The minimum atomic E-state index is 0.104. The van der Waals surface area contributed by atoms with E-state index >= 15 is 0 Å². The molecule has 2 rings (SSSR count). The highest BCUT2D eigenvalue weighted by Crippen LogP contribution is 2.25. The van der Waals surface area contributed by atoms with Gasteiger partial charge < -0.3 is 15.4 Å². The third kappa shape index (κ3) is 3.47. The Labute approximate surface area is 108 Å². The van der Waals surface area contributed by atoms with Gasteiger partial charge in [0.2, 0.25) is 5.91 Å². The summed E-state index contributed by atoms with van der Waals surface area (Å²) in [5, 5.41) is 6.06. The third-order valence-electron chi connectivity index (χ3n) is 2.99. The van der Waals surface area contributed by atoms with Gasteiger partial charge in [-0.25, -0.2) is 0 Å². The van der Waals surface area contributed by atoms with Crippen LogP contribution in [0.1, 0.15) is 24.5 Å². The molecule has 0 fully saturated rings. The second-order valence-corrected chi connectivity index (χ2v) is 4.42. The third-order valence-corrected chi connectivity index (χ3v) is 2.99. The van der Waals surface area contributed by atoms with E-state index in [9.17, 15) is 4.79 Å². The van der Waals surface area contributed by atoms with Crippen molar-refractivity contribution < 1.29 is 9.53 Å². The number of ether oxygens (including phenoxy) is 1. The molecule has 98 valence electrons. The van der Waals surface area contributed by atoms with E-state index in [2.05, 4.69) is 22.8 Å². The van der Waals surface area contributed by atoms with Crippen LogP contribution in [0.4, 0.5) is 0 Å². The molecule has 1 aromatic carbocycles. The van der Waals surface area contributed by atoms with E-state index in [4.69, 9.17) is 4.74 Å². The average molecular weight is 248 g/mol. The summed E-state index contributed by atoms with van der Waals surface area (Å²) in [6, 6.07) is 6.29. The van der Waals surface area contributed by atoms with Gasteiger partial charge >= 0.3 is 0 Å². The molecule has 1 amide bonds. The molecular weight excluding hydrogens is 228 g/mol. The van der Waals surface area contributed by atoms with Gasteiger partial charge in [0.15, 0.2) is 0 Å². The topological polar surface area (TPSA) is 50.4 Å². The molecular formula is C14H20N2O2. The molecule has 0 aliphatic carbocycles. The maximum atomic E-state index is 11.2. The molecule has 0 spiro atoms. The normalized spacial score (nSPS) is 12.9. The van der Waals surface area contributed by atoms with Crippen LogP contribution >= 0.6 is 0 Å². The summed E-state index contributed by atoms with van der Waals surface area (Å²) in [5.41, 5.74) is 2.54. The maximum Gasteiger partial charge on any atom is 0.221 e. The molecule has 1 heterocycles. The van der Waals surface area contributed by atoms with Gasteiger partial charge in [-0.15, -0.1) is 0 Å². The van der Waals surface area contributed by atoms with Crippen LogP contribution in [0.25, 0.3) is 0 Å². The van der Waals surface area contributed by atoms with Crippen LogP contribution in [0.2, 0.25) is 0 Å². The minimum Gasteiger partial charge on any atom is -0.493 e. The Balaban J connectivity index is 1.72. The van der Waals surface area contributed by atoms with Gasteiger partial charge in [-0.05, 0) is 24.1 Å². The van der Waals surface area contributed by atoms with Crippen molar-refractivity contribution in [3.8, 4) is 5.75 Å². The van der Waals surface area contributed by atoms with E-state index in [0.29, 0.717) is 19.5 Å². The summed E-state index contributed by atoms with van der Waals surface area (Å²) >= 11 is 0. The first-order valence-electron chi connectivity index (χ1n) is 6.51. The fraction of sp³-hybridized carbons (Fsp3) is 0.500. The molecule has 2 N–H and O–H groups in total. The van der Waals surface area contributed by atoms with Crippen LogP contribution in [0.15, 0.2) is 18.2 Å². The highest BCUT2D eigenvalue weighted by Gasteiger charge is 2.11. The van der Waals surface area contributed by atoms with Crippen molar-refractivity contribution in [1.29, 1.82) is 0 Å². The first-order valence-corrected chi connectivity index (χ1v) is 6.51. The number of fused-ring (bicyclic) bond motifs is 1. The smallest absolute Gasteiger partial charge is 0.221 e.